The number of rotatable bonds is 4. The second kappa shape index (κ2) is 6.03. The standard InChI is InChI=1S/C14H22N2O2S/c1-12-5-4-6-13(9-12)11-19(17,18)16-8-3-2-7-14(16)10-15/h4-6,9,14H,2-3,7-8,10-11,15H2,1H3. The van der Waals surface area contributed by atoms with Crippen LogP contribution in [0.3, 0.4) is 0 Å². The minimum atomic E-state index is -3.26. The highest BCUT2D eigenvalue weighted by molar-refractivity contribution is 7.88. The highest BCUT2D eigenvalue weighted by Crippen LogP contribution is 2.22. The van der Waals surface area contributed by atoms with E-state index in [1.54, 1.807) is 4.31 Å². The molecule has 1 atom stereocenters. The summed E-state index contributed by atoms with van der Waals surface area (Å²) in [5.74, 6) is 0.0746. The fourth-order valence-electron chi connectivity index (χ4n) is 2.67. The third-order valence-electron chi connectivity index (χ3n) is 3.63. The zero-order valence-electron chi connectivity index (χ0n) is 11.4. The van der Waals surface area contributed by atoms with Crippen molar-refractivity contribution in [3.05, 3.63) is 35.4 Å². The van der Waals surface area contributed by atoms with Crippen molar-refractivity contribution in [2.75, 3.05) is 13.1 Å². The van der Waals surface area contributed by atoms with E-state index in [1.807, 2.05) is 31.2 Å². The molecule has 1 unspecified atom stereocenters. The first-order valence-corrected chi connectivity index (χ1v) is 8.39. The lowest BCUT2D eigenvalue weighted by Gasteiger charge is -2.33. The maximum absolute atomic E-state index is 12.5. The average Bonchev–Trinajstić information content (AvgIpc) is 2.38. The molecule has 1 fully saturated rings. The molecule has 1 aromatic carbocycles. The van der Waals surface area contributed by atoms with Crippen LogP contribution in [0.5, 0.6) is 0 Å². The van der Waals surface area contributed by atoms with Crippen LogP contribution < -0.4 is 5.73 Å². The fraction of sp³-hybridized carbons (Fsp3) is 0.571. The van der Waals surface area contributed by atoms with Gasteiger partial charge in [-0.15, -0.1) is 0 Å². The van der Waals surface area contributed by atoms with E-state index in [4.69, 9.17) is 5.73 Å². The molecule has 2 rings (SSSR count). The quantitative estimate of drug-likeness (QED) is 0.913. The van der Waals surface area contributed by atoms with Crippen molar-refractivity contribution in [2.45, 2.75) is 38.0 Å². The van der Waals surface area contributed by atoms with E-state index in [0.717, 1.165) is 30.4 Å². The minimum Gasteiger partial charge on any atom is -0.329 e. The van der Waals surface area contributed by atoms with E-state index < -0.39 is 10.0 Å². The summed E-state index contributed by atoms with van der Waals surface area (Å²) >= 11 is 0. The number of benzene rings is 1. The average molecular weight is 282 g/mol. The third-order valence-corrected chi connectivity index (χ3v) is 5.53. The Morgan fingerprint density at radius 2 is 2.16 bits per heavy atom. The van der Waals surface area contributed by atoms with E-state index in [9.17, 15) is 8.42 Å². The lowest BCUT2D eigenvalue weighted by atomic mass is 10.1. The van der Waals surface area contributed by atoms with Gasteiger partial charge in [-0.1, -0.05) is 36.2 Å². The molecule has 1 aromatic rings. The van der Waals surface area contributed by atoms with Gasteiger partial charge in [-0.25, -0.2) is 8.42 Å². The summed E-state index contributed by atoms with van der Waals surface area (Å²) in [6.07, 6.45) is 2.88. The van der Waals surface area contributed by atoms with E-state index in [-0.39, 0.29) is 11.8 Å². The fourth-order valence-corrected chi connectivity index (χ4v) is 4.49. The molecule has 1 aliphatic rings. The Bertz CT molecular complexity index is 528. The predicted octanol–water partition coefficient (Wildman–Crippen LogP) is 1.64. The normalized spacial score (nSPS) is 21.5. The molecule has 1 heterocycles. The first-order valence-electron chi connectivity index (χ1n) is 6.78. The van der Waals surface area contributed by atoms with Gasteiger partial charge >= 0.3 is 0 Å². The maximum Gasteiger partial charge on any atom is 0.218 e. The van der Waals surface area contributed by atoms with Gasteiger partial charge in [-0.2, -0.15) is 4.31 Å². The van der Waals surface area contributed by atoms with Crippen LogP contribution >= 0.6 is 0 Å². The van der Waals surface area contributed by atoms with Gasteiger partial charge in [0.05, 0.1) is 5.75 Å². The van der Waals surface area contributed by atoms with Crippen LogP contribution in [0.1, 0.15) is 30.4 Å². The van der Waals surface area contributed by atoms with Gasteiger partial charge in [-0.3, -0.25) is 0 Å². The minimum absolute atomic E-state index is 0.0245. The Hall–Kier alpha value is -0.910. The van der Waals surface area contributed by atoms with Gasteiger partial charge in [0.25, 0.3) is 0 Å². The molecule has 0 aromatic heterocycles. The Labute approximate surface area is 115 Å². The number of hydrogen-bond donors (Lipinski definition) is 1. The monoisotopic (exact) mass is 282 g/mol. The van der Waals surface area contributed by atoms with Crippen molar-refractivity contribution in [1.82, 2.24) is 4.31 Å². The number of piperidine rings is 1. The second-order valence-corrected chi connectivity index (χ2v) is 7.16. The Morgan fingerprint density at radius 1 is 1.37 bits per heavy atom. The molecule has 0 bridgehead atoms. The summed E-state index contributed by atoms with van der Waals surface area (Å²) in [4.78, 5) is 0. The van der Waals surface area contributed by atoms with Crippen LogP contribution in [0.15, 0.2) is 24.3 Å². The summed E-state index contributed by atoms with van der Waals surface area (Å²) in [5, 5.41) is 0. The van der Waals surface area contributed by atoms with E-state index in [2.05, 4.69) is 0 Å². The SMILES string of the molecule is Cc1cccc(CS(=O)(=O)N2CCCCC2CN)c1. The molecule has 0 aliphatic carbocycles. The van der Waals surface area contributed by atoms with Crippen molar-refractivity contribution >= 4 is 10.0 Å². The van der Waals surface area contributed by atoms with Crippen molar-refractivity contribution in [3.8, 4) is 0 Å². The van der Waals surface area contributed by atoms with Gasteiger partial charge in [-0.05, 0) is 25.3 Å². The van der Waals surface area contributed by atoms with E-state index in [0.29, 0.717) is 13.1 Å². The number of nitrogens with zero attached hydrogens (tertiary/aromatic N) is 1. The van der Waals surface area contributed by atoms with E-state index >= 15 is 0 Å². The molecule has 4 nitrogen and oxygen atoms in total. The van der Waals surface area contributed by atoms with Gasteiger partial charge < -0.3 is 5.73 Å². The highest BCUT2D eigenvalue weighted by Gasteiger charge is 2.31. The van der Waals surface area contributed by atoms with Crippen molar-refractivity contribution in [1.29, 1.82) is 0 Å². The highest BCUT2D eigenvalue weighted by atomic mass is 32.2. The van der Waals surface area contributed by atoms with Crippen molar-refractivity contribution in [3.63, 3.8) is 0 Å². The van der Waals surface area contributed by atoms with Crippen LogP contribution in [0.4, 0.5) is 0 Å². The van der Waals surface area contributed by atoms with Crippen LogP contribution in [-0.2, 0) is 15.8 Å². The first kappa shape index (κ1) is 14.5. The molecule has 1 saturated heterocycles. The number of aryl methyl sites for hydroxylation is 1. The molecule has 0 saturated carbocycles. The number of hydrogen-bond acceptors (Lipinski definition) is 3. The maximum atomic E-state index is 12.5. The van der Waals surface area contributed by atoms with Crippen LogP contribution in [-0.4, -0.2) is 31.9 Å². The lowest BCUT2D eigenvalue weighted by Crippen LogP contribution is -2.47. The number of sulfonamides is 1. The number of nitrogens with two attached hydrogens (primary N) is 1. The molecule has 0 radical (unpaired) electrons. The summed E-state index contributed by atoms with van der Waals surface area (Å²) in [5.41, 5.74) is 7.64. The first-order chi connectivity index (χ1) is 9.03. The Morgan fingerprint density at radius 3 is 2.84 bits per heavy atom. The smallest absolute Gasteiger partial charge is 0.218 e. The van der Waals surface area contributed by atoms with E-state index in [1.165, 1.54) is 0 Å². The Kier molecular flexibility index (Phi) is 4.60. The molecule has 19 heavy (non-hydrogen) atoms. The molecule has 5 heteroatoms. The molecule has 106 valence electrons. The molecule has 2 N–H and O–H groups in total. The van der Waals surface area contributed by atoms with Gasteiger partial charge in [0.2, 0.25) is 10.0 Å². The van der Waals surface area contributed by atoms with Crippen LogP contribution in [0.25, 0.3) is 0 Å². The largest absolute Gasteiger partial charge is 0.329 e. The molecular weight excluding hydrogens is 260 g/mol. The lowest BCUT2D eigenvalue weighted by molar-refractivity contribution is 0.257. The van der Waals surface area contributed by atoms with Gasteiger partial charge in [0.15, 0.2) is 0 Å². The molecular formula is C14H22N2O2S. The van der Waals surface area contributed by atoms with Gasteiger partial charge in [0.1, 0.15) is 0 Å². The summed E-state index contributed by atoms with van der Waals surface area (Å²) in [6, 6.07) is 7.64. The second-order valence-electron chi connectivity index (χ2n) is 5.24. The summed E-state index contributed by atoms with van der Waals surface area (Å²) < 4.78 is 26.6. The topological polar surface area (TPSA) is 63.4 Å². The summed E-state index contributed by atoms with van der Waals surface area (Å²) in [6.45, 7) is 2.99. The molecule has 1 aliphatic heterocycles. The molecule has 0 spiro atoms. The predicted molar refractivity (Wildman–Crippen MR) is 77.2 cm³/mol. The zero-order valence-corrected chi connectivity index (χ0v) is 12.2. The molecule has 0 amide bonds. The van der Waals surface area contributed by atoms with Crippen molar-refractivity contribution in [2.24, 2.45) is 5.73 Å². The van der Waals surface area contributed by atoms with Crippen LogP contribution in [0, 0.1) is 6.92 Å². The van der Waals surface area contributed by atoms with Crippen molar-refractivity contribution < 1.29 is 8.42 Å². The van der Waals surface area contributed by atoms with Crippen LogP contribution in [0.2, 0.25) is 0 Å². The summed E-state index contributed by atoms with van der Waals surface area (Å²) in [7, 11) is -3.26. The third kappa shape index (κ3) is 3.55. The zero-order chi connectivity index (χ0) is 13.9. The Balaban J connectivity index is 2.17. The van der Waals surface area contributed by atoms with Gasteiger partial charge in [0, 0.05) is 19.1 Å².